The standard InChI is InChI=1S/C17H19ClN4O2/c1-3-7-15-20-22(17(23)24-15)11-14-12(2)19-21(16(14)18)10-13-8-5-4-6-9-13/h4-6,8-9H,3,7,10-11H2,1-2H3. The van der Waals surface area contributed by atoms with E-state index in [4.69, 9.17) is 16.0 Å². The number of nitrogens with zero attached hydrogens (tertiary/aromatic N) is 4. The Kier molecular flexibility index (Phi) is 4.85. The number of halogens is 1. The predicted molar refractivity (Wildman–Crippen MR) is 91.4 cm³/mol. The molecule has 0 fully saturated rings. The van der Waals surface area contributed by atoms with Crippen LogP contribution in [0.3, 0.4) is 0 Å². The molecule has 0 aliphatic carbocycles. The van der Waals surface area contributed by atoms with Crippen molar-refractivity contribution in [3.05, 3.63) is 68.7 Å². The fourth-order valence-corrected chi connectivity index (χ4v) is 2.84. The van der Waals surface area contributed by atoms with Gasteiger partial charge in [0.1, 0.15) is 5.15 Å². The van der Waals surface area contributed by atoms with Crippen LogP contribution in [0.2, 0.25) is 5.15 Å². The van der Waals surface area contributed by atoms with E-state index in [2.05, 4.69) is 10.2 Å². The Balaban J connectivity index is 1.85. The third kappa shape index (κ3) is 3.43. The van der Waals surface area contributed by atoms with Crippen molar-refractivity contribution in [2.75, 3.05) is 0 Å². The minimum Gasteiger partial charge on any atom is -0.392 e. The second kappa shape index (κ2) is 7.05. The highest BCUT2D eigenvalue weighted by atomic mass is 35.5. The van der Waals surface area contributed by atoms with Crippen LogP contribution in [-0.2, 0) is 19.5 Å². The van der Waals surface area contributed by atoms with Gasteiger partial charge in [-0.2, -0.15) is 9.78 Å². The van der Waals surface area contributed by atoms with Crippen molar-refractivity contribution in [2.24, 2.45) is 0 Å². The van der Waals surface area contributed by atoms with Gasteiger partial charge in [0, 0.05) is 12.0 Å². The molecule has 2 aromatic heterocycles. The summed E-state index contributed by atoms with van der Waals surface area (Å²) in [5.74, 6) is -0.0160. The summed E-state index contributed by atoms with van der Waals surface area (Å²) >= 11 is 6.48. The number of rotatable bonds is 6. The number of hydrogen-bond donors (Lipinski definition) is 0. The van der Waals surface area contributed by atoms with E-state index in [0.717, 1.165) is 23.2 Å². The molecular weight excluding hydrogens is 328 g/mol. The van der Waals surface area contributed by atoms with Gasteiger partial charge in [0.25, 0.3) is 0 Å². The number of benzene rings is 1. The first-order valence-corrected chi connectivity index (χ1v) is 8.28. The van der Waals surface area contributed by atoms with Crippen LogP contribution in [0.4, 0.5) is 0 Å². The average molecular weight is 347 g/mol. The van der Waals surface area contributed by atoms with E-state index in [9.17, 15) is 4.79 Å². The van der Waals surface area contributed by atoms with Crippen LogP contribution in [0.5, 0.6) is 0 Å². The number of aryl methyl sites for hydroxylation is 2. The van der Waals surface area contributed by atoms with Crippen molar-refractivity contribution in [2.45, 2.75) is 39.8 Å². The summed E-state index contributed by atoms with van der Waals surface area (Å²) in [6.07, 6.45) is 1.51. The van der Waals surface area contributed by atoms with Crippen LogP contribution in [0.1, 0.15) is 36.1 Å². The molecule has 0 amide bonds. The van der Waals surface area contributed by atoms with E-state index < -0.39 is 5.76 Å². The fourth-order valence-electron chi connectivity index (χ4n) is 2.55. The lowest BCUT2D eigenvalue weighted by atomic mass is 10.2. The van der Waals surface area contributed by atoms with Crippen LogP contribution in [0, 0.1) is 6.92 Å². The zero-order chi connectivity index (χ0) is 17.1. The topological polar surface area (TPSA) is 65.8 Å². The summed E-state index contributed by atoms with van der Waals surface area (Å²) in [6, 6.07) is 9.96. The first kappa shape index (κ1) is 16.5. The van der Waals surface area contributed by atoms with E-state index in [1.807, 2.05) is 44.2 Å². The minimum absolute atomic E-state index is 0.255. The molecule has 3 rings (SSSR count). The lowest BCUT2D eigenvalue weighted by molar-refractivity contribution is 0.448. The van der Waals surface area contributed by atoms with E-state index in [-0.39, 0.29) is 6.54 Å². The second-order valence-electron chi connectivity index (χ2n) is 5.67. The molecule has 126 valence electrons. The predicted octanol–water partition coefficient (Wildman–Crippen LogP) is 3.04. The Bertz CT molecular complexity index is 880. The Morgan fingerprint density at radius 1 is 1.12 bits per heavy atom. The molecule has 7 heteroatoms. The van der Waals surface area contributed by atoms with Crippen molar-refractivity contribution < 1.29 is 4.42 Å². The maximum atomic E-state index is 11.9. The van der Waals surface area contributed by atoms with Gasteiger partial charge in [0.15, 0.2) is 0 Å². The van der Waals surface area contributed by atoms with Crippen LogP contribution in [0.15, 0.2) is 39.5 Å². The SMILES string of the molecule is CCCc1nn(Cc2c(C)nn(Cc3ccccc3)c2Cl)c(=O)o1. The fraction of sp³-hybridized carbons (Fsp3) is 0.353. The summed E-state index contributed by atoms with van der Waals surface area (Å²) in [7, 11) is 0. The maximum absolute atomic E-state index is 11.9. The summed E-state index contributed by atoms with van der Waals surface area (Å²) in [6.45, 7) is 4.72. The zero-order valence-corrected chi connectivity index (χ0v) is 14.5. The molecule has 0 spiro atoms. The highest BCUT2D eigenvalue weighted by Gasteiger charge is 2.17. The van der Waals surface area contributed by atoms with Crippen LogP contribution in [0.25, 0.3) is 0 Å². The first-order chi connectivity index (χ1) is 11.6. The van der Waals surface area contributed by atoms with Crippen LogP contribution < -0.4 is 5.76 Å². The molecule has 0 saturated heterocycles. The molecule has 6 nitrogen and oxygen atoms in total. The molecule has 1 aromatic carbocycles. The quantitative estimate of drug-likeness (QED) is 0.688. The van der Waals surface area contributed by atoms with Crippen LogP contribution in [-0.4, -0.2) is 19.6 Å². The van der Waals surface area contributed by atoms with E-state index in [1.54, 1.807) is 4.68 Å². The number of aromatic nitrogens is 4. The van der Waals surface area contributed by atoms with Crippen molar-refractivity contribution in [1.82, 2.24) is 19.6 Å². The van der Waals surface area contributed by atoms with Crippen molar-refractivity contribution >= 4 is 11.6 Å². The monoisotopic (exact) mass is 346 g/mol. The van der Waals surface area contributed by atoms with Gasteiger partial charge in [-0.3, -0.25) is 0 Å². The molecular formula is C17H19ClN4O2. The lowest BCUT2D eigenvalue weighted by Gasteiger charge is -2.04. The van der Waals surface area contributed by atoms with Gasteiger partial charge < -0.3 is 4.42 Å². The van der Waals surface area contributed by atoms with Crippen molar-refractivity contribution in [3.8, 4) is 0 Å². The Morgan fingerprint density at radius 3 is 2.58 bits per heavy atom. The average Bonchev–Trinajstić information content (AvgIpc) is 3.03. The molecule has 0 saturated carbocycles. The highest BCUT2D eigenvalue weighted by Crippen LogP contribution is 2.21. The largest absolute Gasteiger partial charge is 0.437 e. The molecule has 0 N–H and O–H groups in total. The Morgan fingerprint density at radius 2 is 1.88 bits per heavy atom. The van der Waals surface area contributed by atoms with Gasteiger partial charge in [-0.05, 0) is 18.9 Å². The Labute approximate surface area is 144 Å². The zero-order valence-electron chi connectivity index (χ0n) is 13.7. The summed E-state index contributed by atoms with van der Waals surface area (Å²) in [5, 5.41) is 9.21. The van der Waals surface area contributed by atoms with Crippen LogP contribution >= 0.6 is 11.6 Å². The van der Waals surface area contributed by atoms with Crippen molar-refractivity contribution in [1.29, 1.82) is 0 Å². The molecule has 24 heavy (non-hydrogen) atoms. The molecule has 0 radical (unpaired) electrons. The third-order valence-corrected chi connectivity index (χ3v) is 4.20. The molecule has 0 aliphatic rings. The molecule has 3 aromatic rings. The molecule has 0 unspecified atom stereocenters. The molecule has 0 aliphatic heterocycles. The Hall–Kier alpha value is -2.34. The minimum atomic E-state index is -0.468. The lowest BCUT2D eigenvalue weighted by Crippen LogP contribution is -2.17. The molecule has 0 atom stereocenters. The third-order valence-electron chi connectivity index (χ3n) is 3.78. The van der Waals surface area contributed by atoms with Gasteiger partial charge in [-0.25, -0.2) is 9.48 Å². The smallest absolute Gasteiger partial charge is 0.392 e. The normalized spacial score (nSPS) is 11.1. The summed E-state index contributed by atoms with van der Waals surface area (Å²) in [4.78, 5) is 11.9. The maximum Gasteiger partial charge on any atom is 0.437 e. The van der Waals surface area contributed by atoms with E-state index in [1.165, 1.54) is 4.68 Å². The van der Waals surface area contributed by atoms with E-state index >= 15 is 0 Å². The van der Waals surface area contributed by atoms with Crippen molar-refractivity contribution in [3.63, 3.8) is 0 Å². The number of hydrogen-bond acceptors (Lipinski definition) is 4. The second-order valence-corrected chi connectivity index (χ2v) is 6.03. The molecule has 0 bridgehead atoms. The van der Waals surface area contributed by atoms with Gasteiger partial charge in [-0.15, -0.1) is 5.10 Å². The van der Waals surface area contributed by atoms with Gasteiger partial charge >= 0.3 is 5.76 Å². The summed E-state index contributed by atoms with van der Waals surface area (Å²) in [5.41, 5.74) is 2.67. The first-order valence-electron chi connectivity index (χ1n) is 7.91. The highest BCUT2D eigenvalue weighted by molar-refractivity contribution is 6.30. The molecule has 2 heterocycles. The van der Waals surface area contributed by atoms with E-state index in [0.29, 0.717) is 24.0 Å². The van der Waals surface area contributed by atoms with Gasteiger partial charge in [0.05, 0.1) is 18.8 Å². The van der Waals surface area contributed by atoms with Gasteiger partial charge in [0.2, 0.25) is 5.89 Å². The van der Waals surface area contributed by atoms with Gasteiger partial charge in [-0.1, -0.05) is 48.9 Å². The summed E-state index contributed by atoms with van der Waals surface area (Å²) < 4.78 is 8.17.